The molecule has 2 rings (SSSR count). The van der Waals surface area contributed by atoms with Crippen molar-refractivity contribution >= 4 is 11.9 Å². The summed E-state index contributed by atoms with van der Waals surface area (Å²) in [5, 5.41) is 0. The molecule has 0 aromatic heterocycles. The average molecular weight is 386 g/mol. The Labute approximate surface area is 165 Å². The van der Waals surface area contributed by atoms with Crippen LogP contribution in [-0.2, 0) is 20.7 Å². The van der Waals surface area contributed by atoms with Gasteiger partial charge in [0.1, 0.15) is 11.6 Å². The summed E-state index contributed by atoms with van der Waals surface area (Å²) in [5.41, 5.74) is 1.53. The lowest BCUT2D eigenvalue weighted by molar-refractivity contribution is -0.139. The number of ether oxygens (including phenoxy) is 2. The van der Waals surface area contributed by atoms with Crippen LogP contribution in [0.3, 0.4) is 0 Å². The molecule has 150 valence electrons. The van der Waals surface area contributed by atoms with Gasteiger partial charge in [0.05, 0.1) is 13.5 Å². The van der Waals surface area contributed by atoms with Crippen LogP contribution < -0.4 is 4.74 Å². The second-order valence-corrected chi connectivity index (χ2v) is 6.73. The number of carbonyl (C=O) groups excluding carboxylic acids is 2. The molecule has 0 saturated heterocycles. The number of unbranched alkanes of at least 4 members (excludes halogenated alkanes) is 4. The van der Waals surface area contributed by atoms with Gasteiger partial charge in [0, 0.05) is 12.0 Å². The molecule has 2 aromatic rings. The quantitative estimate of drug-likeness (QED) is 0.308. The molecule has 0 bridgehead atoms. The number of hydrogen-bond donors (Lipinski definition) is 0. The van der Waals surface area contributed by atoms with E-state index in [1.165, 1.54) is 19.6 Å². The second-order valence-electron chi connectivity index (χ2n) is 6.73. The fourth-order valence-corrected chi connectivity index (χ4v) is 2.92. The van der Waals surface area contributed by atoms with Gasteiger partial charge in [-0.05, 0) is 35.7 Å². The first-order valence-corrected chi connectivity index (χ1v) is 9.70. The lowest BCUT2D eigenvalue weighted by Crippen LogP contribution is -2.07. The van der Waals surface area contributed by atoms with Gasteiger partial charge < -0.3 is 9.47 Å². The highest BCUT2D eigenvalue weighted by Crippen LogP contribution is 2.27. The van der Waals surface area contributed by atoms with E-state index in [0.717, 1.165) is 25.7 Å². The Balaban J connectivity index is 2.00. The molecule has 0 N–H and O–H groups in total. The lowest BCUT2D eigenvalue weighted by Gasteiger charge is -2.09. The van der Waals surface area contributed by atoms with Gasteiger partial charge in [-0.3, -0.25) is 9.59 Å². The van der Waals surface area contributed by atoms with Crippen molar-refractivity contribution in [2.45, 2.75) is 51.9 Å². The molecule has 0 fully saturated rings. The predicted molar refractivity (Wildman–Crippen MR) is 107 cm³/mol. The van der Waals surface area contributed by atoms with E-state index in [-0.39, 0.29) is 12.4 Å². The monoisotopic (exact) mass is 386 g/mol. The Bertz CT molecular complexity index is 801. The maximum absolute atomic E-state index is 14.5. The van der Waals surface area contributed by atoms with E-state index < -0.39 is 11.8 Å². The normalized spacial score (nSPS) is 10.5. The number of esters is 2. The lowest BCUT2D eigenvalue weighted by atomic mass is 10.0. The zero-order chi connectivity index (χ0) is 20.4. The fourth-order valence-electron chi connectivity index (χ4n) is 2.92. The summed E-state index contributed by atoms with van der Waals surface area (Å²) < 4.78 is 24.5. The molecule has 0 atom stereocenters. The molecular formula is C23H27FO4. The molecule has 0 radical (unpaired) electrons. The van der Waals surface area contributed by atoms with Gasteiger partial charge in [0.2, 0.25) is 0 Å². The standard InChI is InChI=1S/C23H27FO4/c1-3-4-5-6-7-11-22(25)28-19-10-8-9-18(16-19)20-13-12-17(14-21(20)24)15-23(26)27-2/h8-10,12-14,16H,3-7,11,15H2,1-2H3. The Kier molecular flexibility index (Phi) is 8.66. The van der Waals surface area contributed by atoms with Crippen LogP contribution >= 0.6 is 0 Å². The van der Waals surface area contributed by atoms with E-state index in [0.29, 0.717) is 28.9 Å². The third-order valence-corrected chi connectivity index (χ3v) is 4.47. The van der Waals surface area contributed by atoms with Gasteiger partial charge in [-0.2, -0.15) is 0 Å². The molecule has 0 unspecified atom stereocenters. The summed E-state index contributed by atoms with van der Waals surface area (Å²) in [4.78, 5) is 23.3. The minimum Gasteiger partial charge on any atom is -0.469 e. The molecule has 0 heterocycles. The molecule has 0 aliphatic rings. The van der Waals surface area contributed by atoms with E-state index in [2.05, 4.69) is 11.7 Å². The number of halogens is 1. The van der Waals surface area contributed by atoms with Crippen molar-refractivity contribution in [2.75, 3.05) is 7.11 Å². The molecule has 4 nitrogen and oxygen atoms in total. The number of benzene rings is 2. The molecule has 0 aliphatic carbocycles. The SMILES string of the molecule is CCCCCCCC(=O)Oc1cccc(-c2ccc(CC(=O)OC)cc2F)c1. The molecule has 0 spiro atoms. The molecule has 0 aliphatic heterocycles. The Hall–Kier alpha value is -2.69. The molecule has 0 saturated carbocycles. The summed E-state index contributed by atoms with van der Waals surface area (Å²) >= 11 is 0. The van der Waals surface area contributed by atoms with Crippen molar-refractivity contribution < 1.29 is 23.5 Å². The minimum absolute atomic E-state index is 0.0175. The van der Waals surface area contributed by atoms with E-state index in [9.17, 15) is 14.0 Å². The largest absolute Gasteiger partial charge is 0.469 e. The van der Waals surface area contributed by atoms with Crippen LogP contribution in [0.5, 0.6) is 5.75 Å². The highest BCUT2D eigenvalue weighted by Gasteiger charge is 2.11. The van der Waals surface area contributed by atoms with Crippen molar-refractivity contribution in [1.82, 2.24) is 0 Å². The zero-order valence-corrected chi connectivity index (χ0v) is 16.5. The van der Waals surface area contributed by atoms with Crippen molar-refractivity contribution in [3.63, 3.8) is 0 Å². The first-order valence-electron chi connectivity index (χ1n) is 9.70. The van der Waals surface area contributed by atoms with Crippen molar-refractivity contribution in [3.05, 3.63) is 53.8 Å². The fraction of sp³-hybridized carbons (Fsp3) is 0.391. The van der Waals surface area contributed by atoms with Gasteiger partial charge >= 0.3 is 11.9 Å². The predicted octanol–water partition coefficient (Wildman–Crippen LogP) is 5.47. The Morgan fingerprint density at radius 1 is 0.964 bits per heavy atom. The molecule has 28 heavy (non-hydrogen) atoms. The van der Waals surface area contributed by atoms with Crippen molar-refractivity contribution in [1.29, 1.82) is 0 Å². The maximum Gasteiger partial charge on any atom is 0.311 e. The van der Waals surface area contributed by atoms with E-state index in [1.54, 1.807) is 36.4 Å². The summed E-state index contributed by atoms with van der Waals surface area (Å²) in [6.45, 7) is 2.15. The van der Waals surface area contributed by atoms with Crippen LogP contribution in [0.15, 0.2) is 42.5 Å². The summed E-state index contributed by atoms with van der Waals surface area (Å²) in [5.74, 6) is -0.742. The number of carbonyl (C=O) groups is 2. The van der Waals surface area contributed by atoms with E-state index >= 15 is 0 Å². The van der Waals surface area contributed by atoms with Gasteiger partial charge in [0.15, 0.2) is 0 Å². The number of hydrogen-bond acceptors (Lipinski definition) is 4. The topological polar surface area (TPSA) is 52.6 Å². The highest BCUT2D eigenvalue weighted by molar-refractivity contribution is 5.75. The smallest absolute Gasteiger partial charge is 0.311 e. The first-order chi connectivity index (χ1) is 13.5. The minimum atomic E-state index is -0.444. The van der Waals surface area contributed by atoms with Gasteiger partial charge in [0.25, 0.3) is 0 Å². The zero-order valence-electron chi connectivity index (χ0n) is 16.5. The van der Waals surface area contributed by atoms with Gasteiger partial charge in [-0.1, -0.05) is 56.9 Å². The number of rotatable bonds is 10. The van der Waals surface area contributed by atoms with Crippen LogP contribution in [-0.4, -0.2) is 19.0 Å². The molecule has 0 amide bonds. The molecule has 5 heteroatoms. The van der Waals surface area contributed by atoms with E-state index in [1.807, 2.05) is 0 Å². The van der Waals surface area contributed by atoms with Crippen LogP contribution in [0.4, 0.5) is 4.39 Å². The van der Waals surface area contributed by atoms with Gasteiger partial charge in [-0.25, -0.2) is 4.39 Å². The maximum atomic E-state index is 14.5. The van der Waals surface area contributed by atoms with E-state index in [4.69, 9.17) is 4.74 Å². The first kappa shape index (κ1) is 21.6. The van der Waals surface area contributed by atoms with Crippen molar-refractivity contribution in [2.24, 2.45) is 0 Å². The summed E-state index contributed by atoms with van der Waals surface area (Å²) in [6, 6.07) is 11.4. The summed E-state index contributed by atoms with van der Waals surface area (Å²) in [7, 11) is 1.30. The van der Waals surface area contributed by atoms with Crippen LogP contribution in [0.2, 0.25) is 0 Å². The summed E-state index contributed by atoms with van der Waals surface area (Å²) in [6.07, 6.45) is 5.71. The average Bonchev–Trinajstić information content (AvgIpc) is 2.68. The molecular weight excluding hydrogens is 359 g/mol. The van der Waals surface area contributed by atoms with Crippen LogP contribution in [0.25, 0.3) is 11.1 Å². The third-order valence-electron chi connectivity index (χ3n) is 4.47. The number of methoxy groups -OCH3 is 1. The van der Waals surface area contributed by atoms with Crippen LogP contribution in [0, 0.1) is 5.82 Å². The Morgan fingerprint density at radius 3 is 2.46 bits per heavy atom. The second kappa shape index (κ2) is 11.2. The highest BCUT2D eigenvalue weighted by atomic mass is 19.1. The third kappa shape index (κ3) is 6.80. The Morgan fingerprint density at radius 2 is 1.75 bits per heavy atom. The molecule has 2 aromatic carbocycles. The van der Waals surface area contributed by atoms with Crippen LogP contribution in [0.1, 0.15) is 51.0 Å². The van der Waals surface area contributed by atoms with Crippen molar-refractivity contribution in [3.8, 4) is 16.9 Å². The van der Waals surface area contributed by atoms with Gasteiger partial charge in [-0.15, -0.1) is 0 Å².